The highest BCUT2D eigenvalue weighted by molar-refractivity contribution is 5.88. The van der Waals surface area contributed by atoms with Gasteiger partial charge in [0.1, 0.15) is 5.82 Å². The zero-order valence-electron chi connectivity index (χ0n) is 19.7. The highest BCUT2D eigenvalue weighted by Crippen LogP contribution is 2.45. The first-order valence-electron chi connectivity index (χ1n) is 12.0. The first kappa shape index (κ1) is 21.1. The molecule has 6 rings (SSSR count). The number of nitrogens with two attached hydrogens (primary N) is 1. The van der Waals surface area contributed by atoms with E-state index in [1.54, 1.807) is 4.68 Å². The molecule has 2 aromatic carbocycles. The summed E-state index contributed by atoms with van der Waals surface area (Å²) in [6.07, 6.45) is 4.80. The number of hydrogen-bond donors (Lipinski definition) is 1. The van der Waals surface area contributed by atoms with Crippen LogP contribution in [0.15, 0.2) is 54.7 Å². The van der Waals surface area contributed by atoms with Crippen molar-refractivity contribution in [1.82, 2.24) is 24.2 Å². The maximum atomic E-state index is 11.4. The number of nitrogens with zero attached hydrogens (tertiary/aromatic N) is 5. The van der Waals surface area contributed by atoms with Gasteiger partial charge < -0.3 is 15.2 Å². The van der Waals surface area contributed by atoms with Gasteiger partial charge in [0.25, 0.3) is 5.91 Å². The first-order chi connectivity index (χ1) is 16.4. The van der Waals surface area contributed by atoms with Gasteiger partial charge in [-0.05, 0) is 80.0 Å². The van der Waals surface area contributed by atoms with Crippen LogP contribution in [0.4, 0.5) is 0 Å². The number of benzene rings is 2. The van der Waals surface area contributed by atoms with Crippen molar-refractivity contribution in [2.75, 3.05) is 20.1 Å². The standard InChI is InChI=1S/C27H30N6O/c1-17-29-27(26(28)34)30-33(17)24-7-8-25-20(13-24)9-10-32(25)14-18-3-5-19(6-4-18)21-11-22-15-31(2)16-23(22)12-21/h3-10,13,21-23H,11-12,14-16H2,1-2H3,(H2,28,34)/t21-,22-,23+. The molecule has 174 valence electrons. The summed E-state index contributed by atoms with van der Waals surface area (Å²) in [6.45, 7) is 5.18. The maximum Gasteiger partial charge on any atom is 0.288 e. The molecule has 3 heterocycles. The smallest absolute Gasteiger partial charge is 0.288 e. The molecule has 1 saturated carbocycles. The van der Waals surface area contributed by atoms with Crippen molar-refractivity contribution in [2.24, 2.45) is 17.6 Å². The molecule has 2 aliphatic rings. The van der Waals surface area contributed by atoms with Crippen molar-refractivity contribution < 1.29 is 4.79 Å². The lowest BCUT2D eigenvalue weighted by molar-refractivity contribution is 0.0990. The molecule has 2 fully saturated rings. The Morgan fingerprint density at radius 3 is 2.47 bits per heavy atom. The third-order valence-electron chi connectivity index (χ3n) is 7.73. The van der Waals surface area contributed by atoms with E-state index in [4.69, 9.17) is 5.73 Å². The minimum atomic E-state index is -0.622. The second kappa shape index (κ2) is 8.09. The lowest BCUT2D eigenvalue weighted by Gasteiger charge is -2.15. The van der Waals surface area contributed by atoms with E-state index in [0.29, 0.717) is 5.82 Å². The maximum absolute atomic E-state index is 11.4. The molecule has 7 nitrogen and oxygen atoms in total. The molecular formula is C27H30N6O. The normalized spacial score (nSPS) is 22.5. The largest absolute Gasteiger partial charge is 0.363 e. The average molecular weight is 455 g/mol. The number of likely N-dealkylation sites (tertiary alicyclic amines) is 1. The highest BCUT2D eigenvalue weighted by atomic mass is 16.1. The molecule has 2 N–H and O–H groups in total. The van der Waals surface area contributed by atoms with Gasteiger partial charge in [-0.15, -0.1) is 5.10 Å². The van der Waals surface area contributed by atoms with Crippen LogP contribution in [0.1, 0.15) is 46.3 Å². The Kier molecular flexibility index (Phi) is 5.03. The van der Waals surface area contributed by atoms with Gasteiger partial charge in [0, 0.05) is 36.7 Å². The number of primary amides is 1. The van der Waals surface area contributed by atoms with E-state index in [1.165, 1.54) is 37.1 Å². The lowest BCUT2D eigenvalue weighted by atomic mass is 9.95. The quantitative estimate of drug-likeness (QED) is 0.498. The Morgan fingerprint density at radius 2 is 1.79 bits per heavy atom. The van der Waals surface area contributed by atoms with E-state index >= 15 is 0 Å². The Hall–Kier alpha value is -3.45. The molecular weight excluding hydrogens is 424 g/mol. The summed E-state index contributed by atoms with van der Waals surface area (Å²) in [4.78, 5) is 18.1. The van der Waals surface area contributed by atoms with Crippen molar-refractivity contribution in [3.05, 3.63) is 77.5 Å². The minimum Gasteiger partial charge on any atom is -0.363 e. The van der Waals surface area contributed by atoms with Gasteiger partial charge in [-0.3, -0.25) is 4.79 Å². The molecule has 2 aromatic heterocycles. The Balaban J connectivity index is 1.19. The number of aryl methyl sites for hydroxylation is 1. The van der Waals surface area contributed by atoms with Gasteiger partial charge in [-0.25, -0.2) is 9.67 Å². The molecule has 0 radical (unpaired) electrons. The van der Waals surface area contributed by atoms with Crippen molar-refractivity contribution >= 4 is 16.8 Å². The summed E-state index contributed by atoms with van der Waals surface area (Å²) in [5.74, 6) is 2.53. The number of rotatable bonds is 5. The molecule has 1 amide bonds. The second-order valence-electron chi connectivity index (χ2n) is 10.1. The van der Waals surface area contributed by atoms with Crippen LogP contribution in [0.25, 0.3) is 16.6 Å². The Labute approximate surface area is 199 Å². The third-order valence-corrected chi connectivity index (χ3v) is 7.73. The van der Waals surface area contributed by atoms with Crippen LogP contribution in [-0.4, -0.2) is 50.3 Å². The van der Waals surface area contributed by atoms with Crippen LogP contribution < -0.4 is 5.73 Å². The molecule has 1 aliphatic heterocycles. The zero-order valence-corrected chi connectivity index (χ0v) is 19.7. The average Bonchev–Trinajstić information content (AvgIpc) is 3.57. The summed E-state index contributed by atoms with van der Waals surface area (Å²) in [7, 11) is 2.25. The Morgan fingerprint density at radius 1 is 1.06 bits per heavy atom. The van der Waals surface area contributed by atoms with Gasteiger partial charge in [0.15, 0.2) is 0 Å². The molecule has 1 aliphatic carbocycles. The van der Waals surface area contributed by atoms with Crippen LogP contribution in [0.3, 0.4) is 0 Å². The molecule has 3 atom stereocenters. The topological polar surface area (TPSA) is 82.0 Å². The number of carbonyl (C=O) groups is 1. The van der Waals surface area contributed by atoms with Gasteiger partial charge in [-0.1, -0.05) is 24.3 Å². The van der Waals surface area contributed by atoms with Crippen molar-refractivity contribution in [2.45, 2.75) is 32.2 Å². The predicted octanol–water partition coefficient (Wildman–Crippen LogP) is 3.73. The van der Waals surface area contributed by atoms with Crippen molar-refractivity contribution in [1.29, 1.82) is 0 Å². The summed E-state index contributed by atoms with van der Waals surface area (Å²) in [5, 5.41) is 5.36. The second-order valence-corrected chi connectivity index (χ2v) is 10.1. The van der Waals surface area contributed by atoms with Crippen LogP contribution >= 0.6 is 0 Å². The molecule has 4 aromatic rings. The lowest BCUT2D eigenvalue weighted by Crippen LogP contribution is -2.16. The SMILES string of the molecule is Cc1nc(C(N)=O)nn1-c1ccc2c(ccn2Cc2ccc([C@@H]3C[C@@H]4CN(C)C[C@@H]4C3)cc2)c1. The van der Waals surface area contributed by atoms with Gasteiger partial charge in [0.05, 0.1) is 5.69 Å². The number of fused-ring (bicyclic) bond motifs is 2. The molecule has 7 heteroatoms. The summed E-state index contributed by atoms with van der Waals surface area (Å²) >= 11 is 0. The fourth-order valence-electron chi connectivity index (χ4n) is 6.09. The molecule has 1 saturated heterocycles. The molecule has 0 bridgehead atoms. The predicted molar refractivity (Wildman–Crippen MR) is 132 cm³/mol. The number of hydrogen-bond acceptors (Lipinski definition) is 4. The van der Waals surface area contributed by atoms with E-state index in [2.05, 4.69) is 75.3 Å². The van der Waals surface area contributed by atoms with Crippen LogP contribution in [0, 0.1) is 18.8 Å². The monoisotopic (exact) mass is 454 g/mol. The minimum absolute atomic E-state index is 0.0340. The van der Waals surface area contributed by atoms with Gasteiger partial charge >= 0.3 is 0 Å². The van der Waals surface area contributed by atoms with Crippen LogP contribution in [-0.2, 0) is 6.54 Å². The molecule has 0 spiro atoms. The van der Waals surface area contributed by atoms with Gasteiger partial charge in [-0.2, -0.15) is 0 Å². The fraction of sp³-hybridized carbons (Fsp3) is 0.370. The van der Waals surface area contributed by atoms with Crippen LogP contribution in [0.2, 0.25) is 0 Å². The van der Waals surface area contributed by atoms with E-state index in [1.807, 2.05) is 13.0 Å². The zero-order chi connectivity index (χ0) is 23.4. The molecule has 34 heavy (non-hydrogen) atoms. The third kappa shape index (κ3) is 3.70. The number of carbonyl (C=O) groups excluding carboxylic acids is 1. The number of aromatic nitrogens is 4. The Bertz CT molecular complexity index is 1350. The van der Waals surface area contributed by atoms with Crippen molar-refractivity contribution in [3.63, 3.8) is 0 Å². The first-order valence-corrected chi connectivity index (χ1v) is 12.0. The summed E-state index contributed by atoms with van der Waals surface area (Å²) in [6, 6.07) is 17.6. The number of amides is 1. The molecule has 0 unspecified atom stereocenters. The van der Waals surface area contributed by atoms with Gasteiger partial charge in [0.2, 0.25) is 5.82 Å². The van der Waals surface area contributed by atoms with E-state index in [-0.39, 0.29) is 5.82 Å². The summed E-state index contributed by atoms with van der Waals surface area (Å²) < 4.78 is 3.93. The fourth-order valence-corrected chi connectivity index (χ4v) is 6.09. The van der Waals surface area contributed by atoms with Crippen molar-refractivity contribution in [3.8, 4) is 5.69 Å². The summed E-state index contributed by atoms with van der Waals surface area (Å²) in [5.41, 5.74) is 10.2. The van der Waals surface area contributed by atoms with E-state index < -0.39 is 5.91 Å². The van der Waals surface area contributed by atoms with E-state index in [0.717, 1.165) is 40.9 Å². The van der Waals surface area contributed by atoms with E-state index in [9.17, 15) is 4.79 Å². The van der Waals surface area contributed by atoms with Crippen LogP contribution in [0.5, 0.6) is 0 Å². The highest BCUT2D eigenvalue weighted by Gasteiger charge is 2.39.